The van der Waals surface area contributed by atoms with E-state index in [-0.39, 0.29) is 11.8 Å². The summed E-state index contributed by atoms with van der Waals surface area (Å²) in [4.78, 5) is 30.2. The van der Waals surface area contributed by atoms with E-state index in [1.54, 1.807) is 31.2 Å². The van der Waals surface area contributed by atoms with Crippen LogP contribution in [0, 0.1) is 0 Å². The third-order valence-corrected chi connectivity index (χ3v) is 3.47. The van der Waals surface area contributed by atoms with Gasteiger partial charge in [0.15, 0.2) is 5.82 Å². The lowest BCUT2D eigenvalue weighted by atomic mass is 10.1. The summed E-state index contributed by atoms with van der Waals surface area (Å²) < 4.78 is 0. The Morgan fingerprint density at radius 1 is 1.20 bits per heavy atom. The maximum Gasteiger partial charge on any atom is 0.262 e. The minimum Gasteiger partial charge on any atom is -0.269 e. The predicted octanol–water partition coefficient (Wildman–Crippen LogP) is 1.72. The molecule has 6 nitrogen and oxygen atoms in total. The normalized spacial score (nSPS) is 15.6. The number of aromatic nitrogens is 3. The maximum absolute atomic E-state index is 12.3. The molecule has 2 amide bonds. The molecule has 6 heteroatoms. The van der Waals surface area contributed by atoms with Gasteiger partial charge in [-0.25, -0.2) is 4.98 Å². The molecule has 0 radical (unpaired) electrons. The van der Waals surface area contributed by atoms with Gasteiger partial charge in [0, 0.05) is 6.42 Å². The molecule has 0 fully saturated rings. The van der Waals surface area contributed by atoms with Gasteiger partial charge >= 0.3 is 0 Å². The zero-order chi connectivity index (χ0) is 14.3. The average Bonchev–Trinajstić information content (AvgIpc) is 3.04. The SMILES string of the molecule is CCc1nc([C@@H](C)N2C(=O)c3ccccc3C2=O)n[nH]1. The fraction of sp³-hybridized carbons (Fsp3) is 0.286. The first-order valence-electron chi connectivity index (χ1n) is 6.51. The summed E-state index contributed by atoms with van der Waals surface area (Å²) in [6.45, 7) is 3.71. The first kappa shape index (κ1) is 12.5. The molecule has 0 bridgehead atoms. The smallest absolute Gasteiger partial charge is 0.262 e. The van der Waals surface area contributed by atoms with Gasteiger partial charge in [-0.05, 0) is 19.1 Å². The van der Waals surface area contributed by atoms with Crippen molar-refractivity contribution in [1.29, 1.82) is 0 Å². The molecule has 1 aliphatic heterocycles. The first-order chi connectivity index (χ1) is 9.63. The van der Waals surface area contributed by atoms with Crippen LogP contribution in [-0.4, -0.2) is 31.9 Å². The molecule has 1 N–H and O–H groups in total. The number of aromatic amines is 1. The lowest BCUT2D eigenvalue weighted by Crippen LogP contribution is -2.33. The number of hydrogen-bond acceptors (Lipinski definition) is 4. The van der Waals surface area contributed by atoms with E-state index >= 15 is 0 Å². The van der Waals surface area contributed by atoms with Crippen LogP contribution in [0.3, 0.4) is 0 Å². The lowest BCUT2D eigenvalue weighted by Gasteiger charge is -2.19. The number of rotatable bonds is 3. The van der Waals surface area contributed by atoms with Crippen LogP contribution in [0.15, 0.2) is 24.3 Å². The summed E-state index contributed by atoms with van der Waals surface area (Å²) in [5.74, 6) is 0.613. The Kier molecular flexibility index (Phi) is 2.85. The van der Waals surface area contributed by atoms with Gasteiger partial charge < -0.3 is 0 Å². The van der Waals surface area contributed by atoms with Crippen molar-refractivity contribution in [2.75, 3.05) is 0 Å². The van der Waals surface area contributed by atoms with E-state index in [2.05, 4.69) is 15.2 Å². The molecule has 0 saturated heterocycles. The number of nitrogens with one attached hydrogen (secondary N) is 1. The van der Waals surface area contributed by atoms with Crippen LogP contribution in [-0.2, 0) is 6.42 Å². The van der Waals surface area contributed by atoms with E-state index in [1.165, 1.54) is 4.90 Å². The Bertz CT molecular complexity index is 657. The van der Waals surface area contributed by atoms with Crippen LogP contribution in [0.1, 0.15) is 52.3 Å². The van der Waals surface area contributed by atoms with Crippen LogP contribution in [0.2, 0.25) is 0 Å². The highest BCUT2D eigenvalue weighted by atomic mass is 16.2. The van der Waals surface area contributed by atoms with Gasteiger partial charge in [0.1, 0.15) is 5.82 Å². The van der Waals surface area contributed by atoms with E-state index in [0.717, 1.165) is 12.2 Å². The molecule has 1 aliphatic rings. The fourth-order valence-electron chi connectivity index (χ4n) is 2.33. The molecule has 102 valence electrons. The number of benzene rings is 1. The van der Waals surface area contributed by atoms with Crippen molar-refractivity contribution in [3.05, 3.63) is 47.0 Å². The molecule has 3 rings (SSSR count). The average molecular weight is 270 g/mol. The van der Waals surface area contributed by atoms with Gasteiger partial charge in [0.25, 0.3) is 11.8 Å². The Hall–Kier alpha value is -2.50. The molecule has 20 heavy (non-hydrogen) atoms. The third kappa shape index (κ3) is 1.72. The van der Waals surface area contributed by atoms with E-state index in [9.17, 15) is 9.59 Å². The monoisotopic (exact) mass is 270 g/mol. The number of H-pyrrole nitrogens is 1. The van der Waals surface area contributed by atoms with Gasteiger partial charge in [0.2, 0.25) is 0 Å². The molecular formula is C14H14N4O2. The van der Waals surface area contributed by atoms with Gasteiger partial charge in [-0.3, -0.25) is 19.6 Å². The fourth-order valence-corrected chi connectivity index (χ4v) is 2.33. The number of fused-ring (bicyclic) bond motifs is 1. The first-order valence-corrected chi connectivity index (χ1v) is 6.51. The van der Waals surface area contributed by atoms with Crippen LogP contribution in [0.25, 0.3) is 0 Å². The predicted molar refractivity (Wildman–Crippen MR) is 71.1 cm³/mol. The molecule has 2 heterocycles. The second-order valence-corrected chi connectivity index (χ2v) is 4.70. The minimum atomic E-state index is -0.487. The van der Waals surface area contributed by atoms with Crippen LogP contribution in [0.4, 0.5) is 0 Å². The number of imide groups is 1. The molecule has 0 aliphatic carbocycles. The Morgan fingerprint density at radius 2 is 1.80 bits per heavy atom. The number of hydrogen-bond donors (Lipinski definition) is 1. The van der Waals surface area contributed by atoms with Crippen molar-refractivity contribution in [3.63, 3.8) is 0 Å². The molecule has 1 atom stereocenters. The second kappa shape index (κ2) is 4.56. The summed E-state index contributed by atoms with van der Waals surface area (Å²) in [7, 11) is 0. The summed E-state index contributed by atoms with van der Waals surface area (Å²) in [6.07, 6.45) is 0.724. The largest absolute Gasteiger partial charge is 0.269 e. The van der Waals surface area contributed by atoms with Crippen molar-refractivity contribution in [2.24, 2.45) is 0 Å². The molecule has 2 aromatic rings. The number of amides is 2. The van der Waals surface area contributed by atoms with Crippen molar-refractivity contribution >= 4 is 11.8 Å². The highest BCUT2D eigenvalue weighted by Gasteiger charge is 2.39. The van der Waals surface area contributed by atoms with E-state index < -0.39 is 6.04 Å². The molecular weight excluding hydrogens is 256 g/mol. The van der Waals surface area contributed by atoms with E-state index in [1.807, 2.05) is 6.92 Å². The van der Waals surface area contributed by atoms with Crippen LogP contribution < -0.4 is 0 Å². The van der Waals surface area contributed by atoms with Crippen molar-refractivity contribution in [3.8, 4) is 0 Å². The Labute approximate surface area is 115 Å². The van der Waals surface area contributed by atoms with Gasteiger partial charge in [-0.1, -0.05) is 19.1 Å². The standard InChI is InChI=1S/C14H14N4O2/c1-3-11-15-12(17-16-11)8(2)18-13(19)9-6-4-5-7-10(9)14(18)20/h4-8H,3H2,1-2H3,(H,15,16,17)/t8-/m1/s1. The molecule has 0 unspecified atom stereocenters. The van der Waals surface area contributed by atoms with E-state index in [4.69, 9.17) is 0 Å². The number of carbonyl (C=O) groups is 2. The van der Waals surface area contributed by atoms with Gasteiger partial charge in [-0.2, -0.15) is 5.10 Å². The number of nitrogens with zero attached hydrogens (tertiary/aromatic N) is 3. The zero-order valence-corrected chi connectivity index (χ0v) is 11.3. The molecule has 1 aromatic carbocycles. The molecule has 0 spiro atoms. The summed E-state index contributed by atoms with van der Waals surface area (Å²) in [5.41, 5.74) is 0.881. The Balaban J connectivity index is 1.96. The molecule has 1 aromatic heterocycles. The Morgan fingerprint density at radius 3 is 2.30 bits per heavy atom. The highest BCUT2D eigenvalue weighted by molar-refractivity contribution is 6.21. The summed E-state index contributed by atoms with van der Waals surface area (Å²) >= 11 is 0. The van der Waals surface area contributed by atoms with Gasteiger partial charge in [0.05, 0.1) is 17.2 Å². The lowest BCUT2D eigenvalue weighted by molar-refractivity contribution is 0.0589. The van der Waals surface area contributed by atoms with Crippen LogP contribution >= 0.6 is 0 Å². The minimum absolute atomic E-state index is 0.291. The van der Waals surface area contributed by atoms with Crippen molar-refractivity contribution in [1.82, 2.24) is 20.1 Å². The van der Waals surface area contributed by atoms with Crippen molar-refractivity contribution < 1.29 is 9.59 Å². The highest BCUT2D eigenvalue weighted by Crippen LogP contribution is 2.29. The number of carbonyl (C=O) groups excluding carboxylic acids is 2. The van der Waals surface area contributed by atoms with Gasteiger partial charge in [-0.15, -0.1) is 0 Å². The number of aryl methyl sites for hydroxylation is 1. The maximum atomic E-state index is 12.3. The van der Waals surface area contributed by atoms with Crippen molar-refractivity contribution in [2.45, 2.75) is 26.3 Å². The van der Waals surface area contributed by atoms with E-state index in [0.29, 0.717) is 17.0 Å². The second-order valence-electron chi connectivity index (χ2n) is 4.70. The summed E-state index contributed by atoms with van der Waals surface area (Å²) in [6, 6.07) is 6.34. The van der Waals surface area contributed by atoms with Crippen LogP contribution in [0.5, 0.6) is 0 Å². The summed E-state index contributed by atoms with van der Waals surface area (Å²) in [5, 5.41) is 6.88. The topological polar surface area (TPSA) is 79.0 Å². The zero-order valence-electron chi connectivity index (χ0n) is 11.3. The quantitative estimate of drug-likeness (QED) is 0.861. The molecule has 0 saturated carbocycles. The third-order valence-electron chi connectivity index (χ3n) is 3.47.